The largest absolute Gasteiger partial charge is 0.335 e. The Kier molecular flexibility index (Phi) is 5.18. The molecular weight excluding hydrogens is 459 g/mol. The van der Waals surface area contributed by atoms with E-state index in [1.807, 2.05) is 18.2 Å². The summed E-state index contributed by atoms with van der Waals surface area (Å²) in [6, 6.07) is 11.9. The summed E-state index contributed by atoms with van der Waals surface area (Å²) in [6.07, 6.45) is 7.04. The van der Waals surface area contributed by atoms with Gasteiger partial charge in [-0.05, 0) is 35.9 Å². The third-order valence-electron chi connectivity index (χ3n) is 5.86. The summed E-state index contributed by atoms with van der Waals surface area (Å²) in [7, 11) is 0. The molecule has 0 aliphatic carbocycles. The van der Waals surface area contributed by atoms with Crippen LogP contribution in [0.25, 0.3) is 56.0 Å². The summed E-state index contributed by atoms with van der Waals surface area (Å²) in [5.74, 6) is 0.153. The first-order valence-corrected chi connectivity index (χ1v) is 11.3. The Labute approximate surface area is 203 Å². The fourth-order valence-corrected chi connectivity index (χ4v) is 4.05. The van der Waals surface area contributed by atoms with Crippen LogP contribution in [0.3, 0.4) is 0 Å². The molecule has 0 bridgehead atoms. The molecule has 9 nitrogen and oxygen atoms in total. The number of hydrogen-bond donors (Lipinski definition) is 3. The van der Waals surface area contributed by atoms with Crippen LogP contribution in [0.4, 0.5) is 10.1 Å². The van der Waals surface area contributed by atoms with Crippen LogP contribution in [-0.4, -0.2) is 41.0 Å². The van der Waals surface area contributed by atoms with E-state index in [0.29, 0.717) is 35.0 Å². The summed E-state index contributed by atoms with van der Waals surface area (Å²) in [5.41, 5.74) is 6.34. The second-order valence-corrected chi connectivity index (χ2v) is 8.20. The maximum Gasteiger partial charge on any atom is 0.224 e. The molecule has 3 N–H and O–H groups in total. The van der Waals surface area contributed by atoms with Gasteiger partial charge in [0, 0.05) is 35.3 Å². The predicted octanol–water partition coefficient (Wildman–Crippen LogP) is 5.11. The number of carbonyl (C=O) groups is 1. The van der Waals surface area contributed by atoms with E-state index in [1.165, 1.54) is 12.1 Å². The number of imidazole rings is 1. The number of halogens is 1. The molecule has 6 aromatic rings. The molecule has 6 rings (SSSR count). The van der Waals surface area contributed by atoms with E-state index in [2.05, 4.69) is 40.4 Å². The third-order valence-corrected chi connectivity index (χ3v) is 5.86. The first kappa shape index (κ1) is 21.5. The zero-order chi connectivity index (χ0) is 24.6. The summed E-state index contributed by atoms with van der Waals surface area (Å²) >= 11 is 0. The van der Waals surface area contributed by atoms with Gasteiger partial charge >= 0.3 is 0 Å². The number of hydrogen-bond acceptors (Lipinski definition) is 6. The zero-order valence-corrected chi connectivity index (χ0v) is 19.1. The van der Waals surface area contributed by atoms with Crippen LogP contribution in [0.2, 0.25) is 0 Å². The van der Waals surface area contributed by atoms with E-state index in [0.717, 1.165) is 33.1 Å². The van der Waals surface area contributed by atoms with Crippen molar-refractivity contribution in [2.75, 3.05) is 5.32 Å². The average Bonchev–Trinajstić information content (AvgIpc) is 3.53. The Bertz CT molecular complexity index is 1740. The Balaban J connectivity index is 1.42. The fraction of sp³-hybridized carbons (Fsp3) is 0.0769. The van der Waals surface area contributed by atoms with Crippen molar-refractivity contribution in [3.05, 3.63) is 73.1 Å². The number of aromatic amines is 2. The van der Waals surface area contributed by atoms with Crippen LogP contribution >= 0.6 is 0 Å². The molecule has 0 saturated heterocycles. The molecule has 0 spiro atoms. The van der Waals surface area contributed by atoms with Crippen LogP contribution in [0, 0.1) is 5.82 Å². The lowest BCUT2D eigenvalue weighted by molar-refractivity contribution is -0.115. The van der Waals surface area contributed by atoms with Gasteiger partial charge in [-0.1, -0.05) is 19.1 Å². The molecule has 5 heterocycles. The maximum atomic E-state index is 13.4. The van der Waals surface area contributed by atoms with Gasteiger partial charge in [-0.25, -0.2) is 14.4 Å². The quantitative estimate of drug-likeness (QED) is 0.316. The summed E-state index contributed by atoms with van der Waals surface area (Å²) in [5, 5.41) is 11.1. The standard InChI is InChI=1S/C26H19FN8O/c1-2-22(36)31-17-9-15(11-28-12-17)20-10-19-21(13-30-20)34-35-24(19)26-32-23-18(7-8-29-25(23)33-26)14-3-5-16(27)6-4-14/h3-13H,2H2,1H3,(H,31,36)(H,34,35)(H,29,32,33). The van der Waals surface area contributed by atoms with E-state index < -0.39 is 0 Å². The van der Waals surface area contributed by atoms with E-state index in [1.54, 1.807) is 43.8 Å². The number of nitrogens with zero attached hydrogens (tertiary/aromatic N) is 5. The number of nitrogens with one attached hydrogen (secondary N) is 3. The molecule has 0 unspecified atom stereocenters. The highest BCUT2D eigenvalue weighted by Gasteiger charge is 2.17. The second kappa shape index (κ2) is 8.66. The number of H-pyrrole nitrogens is 2. The van der Waals surface area contributed by atoms with Gasteiger partial charge in [0.05, 0.1) is 34.8 Å². The smallest absolute Gasteiger partial charge is 0.224 e. The normalized spacial score (nSPS) is 11.3. The van der Waals surface area contributed by atoms with Crippen molar-refractivity contribution >= 4 is 33.7 Å². The molecule has 0 saturated carbocycles. The molecule has 0 aliphatic rings. The number of benzene rings is 1. The minimum absolute atomic E-state index is 0.0898. The lowest BCUT2D eigenvalue weighted by Gasteiger charge is -2.06. The predicted molar refractivity (Wildman–Crippen MR) is 134 cm³/mol. The molecule has 5 aromatic heterocycles. The van der Waals surface area contributed by atoms with Crippen molar-refractivity contribution in [1.29, 1.82) is 0 Å². The van der Waals surface area contributed by atoms with Crippen LogP contribution < -0.4 is 5.32 Å². The summed E-state index contributed by atoms with van der Waals surface area (Å²) in [6.45, 7) is 1.79. The van der Waals surface area contributed by atoms with Gasteiger partial charge < -0.3 is 10.3 Å². The van der Waals surface area contributed by atoms with Gasteiger partial charge in [0.2, 0.25) is 5.91 Å². The summed E-state index contributed by atoms with van der Waals surface area (Å²) < 4.78 is 13.4. The van der Waals surface area contributed by atoms with Crippen LogP contribution in [0.5, 0.6) is 0 Å². The van der Waals surface area contributed by atoms with Crippen molar-refractivity contribution in [3.8, 4) is 33.9 Å². The Hall–Kier alpha value is -4.99. The minimum atomic E-state index is -0.296. The Morgan fingerprint density at radius 2 is 1.89 bits per heavy atom. The van der Waals surface area contributed by atoms with E-state index in [-0.39, 0.29) is 11.7 Å². The first-order chi connectivity index (χ1) is 17.6. The topological polar surface area (TPSA) is 125 Å². The molecule has 0 fully saturated rings. The maximum absolute atomic E-state index is 13.4. The average molecular weight is 478 g/mol. The van der Waals surface area contributed by atoms with Gasteiger partial charge in [-0.15, -0.1) is 0 Å². The SMILES string of the molecule is CCC(=O)Nc1cncc(-c2cc3c(-c4nc5nccc(-c6ccc(F)cc6)c5[nH]4)n[nH]c3cn2)c1. The van der Waals surface area contributed by atoms with E-state index >= 15 is 0 Å². The van der Waals surface area contributed by atoms with Gasteiger partial charge in [0.25, 0.3) is 0 Å². The molecule has 10 heteroatoms. The number of anilines is 1. The second-order valence-electron chi connectivity index (χ2n) is 8.20. The Morgan fingerprint density at radius 1 is 1.03 bits per heavy atom. The fourth-order valence-electron chi connectivity index (χ4n) is 4.05. The van der Waals surface area contributed by atoms with Crippen molar-refractivity contribution in [3.63, 3.8) is 0 Å². The van der Waals surface area contributed by atoms with Crippen molar-refractivity contribution in [2.24, 2.45) is 0 Å². The minimum Gasteiger partial charge on any atom is -0.335 e. The van der Waals surface area contributed by atoms with Crippen molar-refractivity contribution in [1.82, 2.24) is 35.1 Å². The molecular formula is C26H19FN8O. The summed E-state index contributed by atoms with van der Waals surface area (Å²) in [4.78, 5) is 32.9. The number of pyridine rings is 3. The van der Waals surface area contributed by atoms with Crippen molar-refractivity contribution < 1.29 is 9.18 Å². The molecule has 36 heavy (non-hydrogen) atoms. The highest BCUT2D eigenvalue weighted by molar-refractivity contribution is 5.97. The number of aromatic nitrogens is 7. The Morgan fingerprint density at radius 3 is 2.72 bits per heavy atom. The molecule has 1 amide bonds. The van der Waals surface area contributed by atoms with Crippen LogP contribution in [0.15, 0.2) is 67.3 Å². The molecule has 1 aromatic carbocycles. The van der Waals surface area contributed by atoms with E-state index in [4.69, 9.17) is 0 Å². The van der Waals surface area contributed by atoms with Gasteiger partial charge in [-0.3, -0.25) is 19.9 Å². The van der Waals surface area contributed by atoms with Gasteiger partial charge in [0.1, 0.15) is 11.5 Å². The van der Waals surface area contributed by atoms with Crippen LogP contribution in [0.1, 0.15) is 13.3 Å². The highest BCUT2D eigenvalue weighted by atomic mass is 19.1. The monoisotopic (exact) mass is 478 g/mol. The number of rotatable bonds is 5. The van der Waals surface area contributed by atoms with Gasteiger partial charge in [0.15, 0.2) is 11.5 Å². The van der Waals surface area contributed by atoms with E-state index in [9.17, 15) is 9.18 Å². The van der Waals surface area contributed by atoms with Crippen LogP contribution in [-0.2, 0) is 4.79 Å². The lowest BCUT2D eigenvalue weighted by Crippen LogP contribution is -2.09. The lowest BCUT2D eigenvalue weighted by atomic mass is 10.1. The number of fused-ring (bicyclic) bond motifs is 2. The zero-order valence-electron chi connectivity index (χ0n) is 19.1. The van der Waals surface area contributed by atoms with Crippen molar-refractivity contribution in [2.45, 2.75) is 13.3 Å². The molecule has 176 valence electrons. The first-order valence-electron chi connectivity index (χ1n) is 11.3. The number of carbonyl (C=O) groups excluding carboxylic acids is 1. The molecule has 0 aliphatic heterocycles. The number of amides is 1. The molecule has 0 atom stereocenters. The highest BCUT2D eigenvalue weighted by Crippen LogP contribution is 2.32. The third kappa shape index (κ3) is 3.84. The molecule has 0 radical (unpaired) electrons. The van der Waals surface area contributed by atoms with Gasteiger partial charge in [-0.2, -0.15) is 5.10 Å².